The van der Waals surface area contributed by atoms with Crippen molar-refractivity contribution in [2.24, 2.45) is 4.99 Å². The van der Waals surface area contributed by atoms with Crippen molar-refractivity contribution in [1.29, 1.82) is 0 Å². The van der Waals surface area contributed by atoms with Gasteiger partial charge in [0.15, 0.2) is 28.4 Å². The van der Waals surface area contributed by atoms with Crippen molar-refractivity contribution >= 4 is 22.6 Å². The molecule has 1 unspecified atom stereocenters. The molecule has 0 spiro atoms. The summed E-state index contributed by atoms with van der Waals surface area (Å²) in [6, 6.07) is 0.244. The Labute approximate surface area is 112 Å². The summed E-state index contributed by atoms with van der Waals surface area (Å²) in [6.45, 7) is 1.95. The Balaban J connectivity index is 2.31. The first-order valence-electron chi connectivity index (χ1n) is 5.83. The molecule has 0 fully saturated rings. The highest BCUT2D eigenvalue weighted by Crippen LogP contribution is 2.27. The van der Waals surface area contributed by atoms with Crippen LogP contribution in [0.1, 0.15) is 19.8 Å². The maximum Gasteiger partial charge on any atom is 0.185 e. The molecule has 1 aliphatic heterocycles. The average Bonchev–Trinajstić information content (AvgIpc) is 2.41. The van der Waals surface area contributed by atoms with Crippen LogP contribution in [0.25, 0.3) is 0 Å². The third-order valence-electron chi connectivity index (χ3n) is 2.80. The molecule has 0 aromatic heterocycles. The smallest absolute Gasteiger partial charge is 0.185 e. The van der Waals surface area contributed by atoms with Gasteiger partial charge in [0.1, 0.15) is 5.69 Å². The molecule has 19 heavy (non-hydrogen) atoms. The van der Waals surface area contributed by atoms with Crippen LogP contribution in [0.5, 0.6) is 0 Å². The predicted octanol–water partition coefficient (Wildman–Crippen LogP) is 3.93. The molecule has 0 bridgehead atoms. The minimum Gasteiger partial charge on any atom is -0.330 e. The number of hydrogen-bond acceptors (Lipinski definition) is 3. The van der Waals surface area contributed by atoms with E-state index in [0.717, 1.165) is 18.6 Å². The lowest BCUT2D eigenvalue weighted by atomic mass is 10.2. The molecule has 0 aliphatic carbocycles. The summed E-state index contributed by atoms with van der Waals surface area (Å²) in [5, 5.41) is 2.62. The van der Waals surface area contributed by atoms with Gasteiger partial charge >= 0.3 is 0 Å². The minimum absolute atomic E-state index is 0.0632. The molecule has 1 heterocycles. The number of halogens is 4. The molecule has 1 aliphatic rings. The SMILES string of the molecule is CCC1CCSC(Nc2c(F)c(F)cc(F)c2F)=N1. The van der Waals surface area contributed by atoms with Crippen LogP contribution in [0.3, 0.4) is 0 Å². The minimum atomic E-state index is -1.44. The molecule has 1 aromatic rings. The van der Waals surface area contributed by atoms with Gasteiger partial charge < -0.3 is 5.32 Å². The Bertz CT molecular complexity index is 493. The van der Waals surface area contributed by atoms with Crippen molar-refractivity contribution in [1.82, 2.24) is 0 Å². The summed E-state index contributed by atoms with van der Waals surface area (Å²) in [7, 11) is 0. The Hall–Kier alpha value is -1.24. The van der Waals surface area contributed by atoms with Gasteiger partial charge in [-0.1, -0.05) is 18.7 Å². The Kier molecular flexibility index (Phi) is 4.34. The maximum absolute atomic E-state index is 13.5. The van der Waals surface area contributed by atoms with Gasteiger partial charge in [0, 0.05) is 11.8 Å². The van der Waals surface area contributed by atoms with E-state index < -0.39 is 29.0 Å². The number of rotatable bonds is 2. The normalized spacial score (nSPS) is 19.2. The molecule has 0 amide bonds. The van der Waals surface area contributed by atoms with Crippen LogP contribution in [0, 0.1) is 23.3 Å². The first-order chi connectivity index (χ1) is 9.02. The van der Waals surface area contributed by atoms with Gasteiger partial charge in [-0.15, -0.1) is 0 Å². The summed E-state index contributed by atoms with van der Waals surface area (Å²) < 4.78 is 53.0. The Morgan fingerprint density at radius 1 is 1.26 bits per heavy atom. The third-order valence-corrected chi connectivity index (χ3v) is 3.73. The zero-order chi connectivity index (χ0) is 14.0. The zero-order valence-electron chi connectivity index (χ0n) is 10.1. The molecule has 1 aromatic carbocycles. The van der Waals surface area contributed by atoms with Gasteiger partial charge in [-0.2, -0.15) is 0 Å². The standard InChI is InChI=1S/C12H12F4N2S/c1-2-6-3-4-19-12(17-6)18-11-9(15)7(13)5-8(14)10(11)16/h5-6H,2-4H2,1H3,(H,17,18). The van der Waals surface area contributed by atoms with E-state index in [1.54, 1.807) is 0 Å². The van der Waals surface area contributed by atoms with Gasteiger partial charge in [-0.05, 0) is 12.8 Å². The fraction of sp³-hybridized carbons (Fsp3) is 0.417. The van der Waals surface area contributed by atoms with Gasteiger partial charge in [0.2, 0.25) is 0 Å². The van der Waals surface area contributed by atoms with Crippen LogP contribution in [-0.4, -0.2) is 17.0 Å². The van der Waals surface area contributed by atoms with E-state index in [1.807, 2.05) is 6.92 Å². The number of thioether (sulfide) groups is 1. The van der Waals surface area contributed by atoms with Crippen molar-refractivity contribution in [2.75, 3.05) is 11.1 Å². The number of nitrogens with one attached hydrogen (secondary N) is 1. The Morgan fingerprint density at radius 2 is 1.89 bits per heavy atom. The van der Waals surface area contributed by atoms with Gasteiger partial charge in [0.05, 0.1) is 6.04 Å². The maximum atomic E-state index is 13.5. The largest absolute Gasteiger partial charge is 0.330 e. The number of hydrogen-bond donors (Lipinski definition) is 1. The molecule has 1 atom stereocenters. The monoisotopic (exact) mass is 292 g/mol. The highest BCUT2D eigenvalue weighted by molar-refractivity contribution is 8.14. The van der Waals surface area contributed by atoms with E-state index in [-0.39, 0.29) is 17.3 Å². The van der Waals surface area contributed by atoms with E-state index in [4.69, 9.17) is 0 Å². The molecular formula is C12H12F4N2S. The first kappa shape index (κ1) is 14.2. The lowest BCUT2D eigenvalue weighted by Gasteiger charge is -2.20. The number of amidine groups is 1. The number of aliphatic imine (C=N–C) groups is 1. The van der Waals surface area contributed by atoms with Gasteiger partial charge in [0.25, 0.3) is 0 Å². The molecule has 7 heteroatoms. The Morgan fingerprint density at radius 3 is 2.47 bits per heavy atom. The summed E-state index contributed by atoms with van der Waals surface area (Å²) in [5.41, 5.74) is -0.833. The topological polar surface area (TPSA) is 24.4 Å². The van der Waals surface area contributed by atoms with E-state index in [9.17, 15) is 17.6 Å². The van der Waals surface area contributed by atoms with Crippen molar-refractivity contribution in [3.8, 4) is 0 Å². The van der Waals surface area contributed by atoms with E-state index in [2.05, 4.69) is 10.3 Å². The average molecular weight is 292 g/mol. The predicted molar refractivity (Wildman–Crippen MR) is 68.5 cm³/mol. The lowest BCUT2D eigenvalue weighted by molar-refractivity contribution is 0.459. The number of anilines is 1. The van der Waals surface area contributed by atoms with Crippen molar-refractivity contribution in [3.63, 3.8) is 0 Å². The van der Waals surface area contributed by atoms with Crippen molar-refractivity contribution in [2.45, 2.75) is 25.8 Å². The molecule has 0 saturated carbocycles. The van der Waals surface area contributed by atoms with Crippen LogP contribution < -0.4 is 5.32 Å². The van der Waals surface area contributed by atoms with E-state index in [1.165, 1.54) is 11.8 Å². The second-order valence-electron chi connectivity index (χ2n) is 4.10. The molecular weight excluding hydrogens is 280 g/mol. The molecule has 2 rings (SSSR count). The fourth-order valence-electron chi connectivity index (χ4n) is 1.71. The molecule has 0 radical (unpaired) electrons. The van der Waals surface area contributed by atoms with Gasteiger partial charge in [-0.25, -0.2) is 17.6 Å². The first-order valence-corrected chi connectivity index (χ1v) is 6.82. The highest BCUT2D eigenvalue weighted by Gasteiger charge is 2.22. The molecule has 0 saturated heterocycles. The van der Waals surface area contributed by atoms with E-state index in [0.29, 0.717) is 0 Å². The summed E-state index contributed by atoms with van der Waals surface area (Å²) >= 11 is 1.27. The molecule has 2 nitrogen and oxygen atoms in total. The summed E-state index contributed by atoms with van der Waals surface area (Å²) in [6.07, 6.45) is 1.67. The number of benzene rings is 1. The van der Waals surface area contributed by atoms with Crippen LogP contribution in [0.2, 0.25) is 0 Å². The van der Waals surface area contributed by atoms with Crippen LogP contribution in [-0.2, 0) is 0 Å². The fourth-order valence-corrected chi connectivity index (χ4v) is 2.69. The number of nitrogens with zero attached hydrogens (tertiary/aromatic N) is 1. The second-order valence-corrected chi connectivity index (χ2v) is 5.19. The third kappa shape index (κ3) is 3.02. The van der Waals surface area contributed by atoms with Crippen LogP contribution in [0.15, 0.2) is 11.1 Å². The van der Waals surface area contributed by atoms with E-state index >= 15 is 0 Å². The zero-order valence-corrected chi connectivity index (χ0v) is 11.0. The quantitative estimate of drug-likeness (QED) is 0.660. The second kappa shape index (κ2) is 5.81. The highest BCUT2D eigenvalue weighted by atomic mass is 32.2. The van der Waals surface area contributed by atoms with Crippen molar-refractivity contribution in [3.05, 3.63) is 29.3 Å². The molecule has 104 valence electrons. The molecule has 1 N–H and O–H groups in total. The van der Waals surface area contributed by atoms with Crippen molar-refractivity contribution < 1.29 is 17.6 Å². The summed E-state index contributed by atoms with van der Waals surface area (Å²) in [5.74, 6) is -5.02. The van der Waals surface area contributed by atoms with Crippen LogP contribution in [0.4, 0.5) is 23.2 Å². The van der Waals surface area contributed by atoms with Gasteiger partial charge in [-0.3, -0.25) is 4.99 Å². The lowest BCUT2D eigenvalue weighted by Crippen LogP contribution is -2.21. The van der Waals surface area contributed by atoms with Crippen LogP contribution >= 0.6 is 11.8 Å². The summed E-state index contributed by atoms with van der Waals surface area (Å²) in [4.78, 5) is 4.23.